The first-order valence-electron chi connectivity index (χ1n) is 14.8. The number of hydrogen-bond acceptors (Lipinski definition) is 5. The van der Waals surface area contributed by atoms with Gasteiger partial charge in [0.2, 0.25) is 5.91 Å². The second-order valence-corrected chi connectivity index (χ2v) is 13.0. The number of carbonyl (C=O) groups excluding carboxylic acids is 2. The summed E-state index contributed by atoms with van der Waals surface area (Å²) in [4.78, 5) is 49.0. The number of phenolic OH excluding ortho intramolecular Hbond substituents is 1. The van der Waals surface area contributed by atoms with E-state index in [-0.39, 0.29) is 35.8 Å². The number of rotatable bonds is 6. The molecule has 2 aliphatic rings. The highest BCUT2D eigenvalue weighted by atomic mass is 79.9. The maximum absolute atomic E-state index is 13.9. The molecule has 2 aliphatic heterocycles. The third-order valence-electron chi connectivity index (χ3n) is 8.57. The standard InChI is InChI=1S/C32H34Br2N6O4/c33-24-18-21(19-25(34)29(24)41)20-27(30(42)38-16-14-37(15-17-38)22-6-2-1-3-7-22)36-31(43)39-12-10-23(11-13-39)40-28-9-5-4-8-26(28)35-32(40)44/h1-9,18-19,23,27,41H,10-17,20H2,(H,35,44)(H,36,43)/t27-/m1/s1. The average Bonchev–Trinajstić information content (AvgIpc) is 3.39. The fourth-order valence-corrected chi connectivity index (χ4v) is 7.50. The van der Waals surface area contributed by atoms with Crippen LogP contribution in [0.25, 0.3) is 11.0 Å². The van der Waals surface area contributed by atoms with E-state index in [0.29, 0.717) is 61.1 Å². The molecule has 12 heteroatoms. The number of imidazole rings is 1. The van der Waals surface area contributed by atoms with Crippen LogP contribution in [0.15, 0.2) is 80.5 Å². The van der Waals surface area contributed by atoms with Crippen molar-refractivity contribution < 1.29 is 14.7 Å². The Morgan fingerprint density at radius 2 is 1.52 bits per heavy atom. The minimum absolute atomic E-state index is 0.0206. The normalized spacial score (nSPS) is 16.7. The number of piperidine rings is 1. The highest BCUT2D eigenvalue weighted by Gasteiger charge is 2.32. The summed E-state index contributed by atoms with van der Waals surface area (Å²) in [6, 6.07) is 20.2. The smallest absolute Gasteiger partial charge is 0.326 e. The summed E-state index contributed by atoms with van der Waals surface area (Å²) in [7, 11) is 0. The number of anilines is 1. The SMILES string of the molecule is O=C(N[C@H](Cc1cc(Br)c(O)c(Br)c1)C(=O)N1CCN(c2ccccc2)CC1)N1CCC(n2c(=O)[nH]c3ccccc32)CC1. The zero-order chi connectivity index (χ0) is 30.8. The second kappa shape index (κ2) is 13.1. The van der Waals surface area contributed by atoms with Gasteiger partial charge in [0.1, 0.15) is 11.8 Å². The van der Waals surface area contributed by atoms with Gasteiger partial charge in [-0.2, -0.15) is 0 Å². The van der Waals surface area contributed by atoms with Gasteiger partial charge in [-0.1, -0.05) is 30.3 Å². The van der Waals surface area contributed by atoms with Gasteiger partial charge in [-0.3, -0.25) is 9.36 Å². The summed E-state index contributed by atoms with van der Waals surface area (Å²) in [5, 5.41) is 13.2. The predicted molar refractivity (Wildman–Crippen MR) is 177 cm³/mol. The molecule has 10 nitrogen and oxygen atoms in total. The monoisotopic (exact) mass is 724 g/mol. The molecule has 230 valence electrons. The maximum atomic E-state index is 13.9. The zero-order valence-electron chi connectivity index (χ0n) is 24.1. The lowest BCUT2D eigenvalue weighted by molar-refractivity contribution is -0.133. The summed E-state index contributed by atoms with van der Waals surface area (Å²) in [5.74, 6) is -0.0542. The van der Waals surface area contributed by atoms with Gasteiger partial charge in [0.15, 0.2) is 0 Å². The summed E-state index contributed by atoms with van der Waals surface area (Å²) in [5.41, 5.74) is 3.45. The van der Waals surface area contributed by atoms with E-state index in [2.05, 4.69) is 59.2 Å². The second-order valence-electron chi connectivity index (χ2n) is 11.3. The minimum Gasteiger partial charge on any atom is -0.506 e. The van der Waals surface area contributed by atoms with Crippen molar-refractivity contribution in [3.05, 3.63) is 91.7 Å². The van der Waals surface area contributed by atoms with Crippen LogP contribution >= 0.6 is 31.9 Å². The van der Waals surface area contributed by atoms with E-state index >= 15 is 0 Å². The first-order chi connectivity index (χ1) is 21.3. The van der Waals surface area contributed by atoms with E-state index in [9.17, 15) is 19.5 Å². The topological polar surface area (TPSA) is 114 Å². The van der Waals surface area contributed by atoms with E-state index in [1.807, 2.05) is 47.4 Å². The lowest BCUT2D eigenvalue weighted by atomic mass is 10.0. The number of benzene rings is 3. The molecule has 3 N–H and O–H groups in total. The van der Waals surface area contributed by atoms with Crippen LogP contribution in [0.5, 0.6) is 5.75 Å². The lowest BCUT2D eigenvalue weighted by Gasteiger charge is -2.38. The van der Waals surface area contributed by atoms with Crippen molar-refractivity contribution in [2.75, 3.05) is 44.2 Å². The van der Waals surface area contributed by atoms with Crippen LogP contribution in [0.3, 0.4) is 0 Å². The number of H-pyrrole nitrogens is 1. The molecule has 0 bridgehead atoms. The molecule has 0 radical (unpaired) electrons. The molecular weight excluding hydrogens is 692 g/mol. The van der Waals surface area contributed by atoms with Gasteiger partial charge in [-0.25, -0.2) is 9.59 Å². The van der Waals surface area contributed by atoms with Gasteiger partial charge >= 0.3 is 11.7 Å². The number of phenols is 1. The maximum Gasteiger partial charge on any atom is 0.326 e. The Bertz CT molecular complexity index is 1690. The van der Waals surface area contributed by atoms with Gasteiger partial charge in [0.25, 0.3) is 0 Å². The van der Waals surface area contributed by atoms with E-state index in [0.717, 1.165) is 22.3 Å². The molecule has 1 aromatic heterocycles. The number of piperazine rings is 1. The molecule has 2 saturated heterocycles. The number of urea groups is 1. The molecule has 0 spiro atoms. The van der Waals surface area contributed by atoms with E-state index < -0.39 is 6.04 Å². The van der Waals surface area contributed by atoms with Crippen molar-refractivity contribution in [2.24, 2.45) is 0 Å². The zero-order valence-corrected chi connectivity index (χ0v) is 27.3. The number of aromatic hydroxyl groups is 1. The fraction of sp³-hybridized carbons (Fsp3) is 0.344. The molecule has 1 atom stereocenters. The number of aromatic nitrogens is 2. The van der Waals surface area contributed by atoms with E-state index in [4.69, 9.17) is 0 Å². The Hall–Kier alpha value is -3.77. The fourth-order valence-electron chi connectivity index (χ4n) is 6.22. The van der Waals surface area contributed by atoms with Crippen molar-refractivity contribution >= 4 is 60.5 Å². The van der Waals surface area contributed by atoms with E-state index in [1.54, 1.807) is 21.6 Å². The van der Waals surface area contributed by atoms with Crippen LogP contribution in [0.2, 0.25) is 0 Å². The molecule has 6 rings (SSSR count). The third kappa shape index (κ3) is 6.37. The Morgan fingerprint density at radius 3 is 2.20 bits per heavy atom. The van der Waals surface area contributed by atoms with Crippen LogP contribution in [-0.4, -0.2) is 81.7 Å². The highest BCUT2D eigenvalue weighted by Crippen LogP contribution is 2.34. The number of fused-ring (bicyclic) bond motifs is 1. The Labute approximate surface area is 271 Å². The van der Waals surface area contributed by atoms with Crippen molar-refractivity contribution in [3.63, 3.8) is 0 Å². The molecule has 2 fully saturated rings. The van der Waals surface area contributed by atoms with Crippen LogP contribution in [0.1, 0.15) is 24.4 Å². The molecule has 3 amide bonds. The van der Waals surface area contributed by atoms with Crippen molar-refractivity contribution in [1.82, 2.24) is 24.7 Å². The average molecular weight is 726 g/mol. The van der Waals surface area contributed by atoms with Crippen molar-refractivity contribution in [2.45, 2.75) is 31.3 Å². The summed E-state index contributed by atoms with van der Waals surface area (Å²) in [6.07, 6.45) is 1.53. The quantitative estimate of drug-likeness (QED) is 0.263. The van der Waals surface area contributed by atoms with Crippen LogP contribution < -0.4 is 15.9 Å². The predicted octanol–water partition coefficient (Wildman–Crippen LogP) is 4.87. The number of likely N-dealkylation sites (tertiary alicyclic amines) is 1. The number of aromatic amines is 1. The van der Waals surface area contributed by atoms with Crippen LogP contribution in [-0.2, 0) is 11.2 Å². The van der Waals surface area contributed by atoms with Crippen LogP contribution in [0.4, 0.5) is 10.5 Å². The molecule has 3 aromatic carbocycles. The molecule has 0 saturated carbocycles. The first kappa shape index (κ1) is 30.3. The molecule has 0 aliphatic carbocycles. The van der Waals surface area contributed by atoms with Crippen LogP contribution in [0, 0.1) is 0 Å². The molecule has 4 aromatic rings. The van der Waals surface area contributed by atoms with E-state index in [1.165, 1.54) is 0 Å². The van der Waals surface area contributed by atoms with Crippen molar-refractivity contribution in [3.8, 4) is 5.75 Å². The number of para-hydroxylation sites is 3. The number of halogens is 2. The Kier molecular flexibility index (Phi) is 8.99. The van der Waals surface area contributed by atoms with Gasteiger partial charge in [0.05, 0.1) is 20.0 Å². The Morgan fingerprint density at radius 1 is 0.886 bits per heavy atom. The highest BCUT2D eigenvalue weighted by molar-refractivity contribution is 9.11. The number of hydrogen-bond donors (Lipinski definition) is 3. The molecular formula is C32H34Br2N6O4. The minimum atomic E-state index is -0.789. The first-order valence-corrected chi connectivity index (χ1v) is 16.4. The number of nitrogens with zero attached hydrogens (tertiary/aromatic N) is 4. The van der Waals surface area contributed by atoms with Gasteiger partial charge < -0.3 is 30.1 Å². The third-order valence-corrected chi connectivity index (χ3v) is 9.77. The molecule has 0 unspecified atom stereocenters. The van der Waals surface area contributed by atoms with Gasteiger partial charge in [-0.15, -0.1) is 0 Å². The summed E-state index contributed by atoms with van der Waals surface area (Å²) < 4.78 is 2.81. The van der Waals surface area contributed by atoms with Gasteiger partial charge in [0, 0.05) is 57.4 Å². The van der Waals surface area contributed by atoms with Crippen molar-refractivity contribution in [1.29, 1.82) is 0 Å². The Balaban J connectivity index is 1.14. The lowest BCUT2D eigenvalue weighted by Crippen LogP contribution is -2.57. The van der Waals surface area contributed by atoms with Gasteiger partial charge in [-0.05, 0) is 86.7 Å². The summed E-state index contributed by atoms with van der Waals surface area (Å²) in [6.45, 7) is 3.44. The summed E-state index contributed by atoms with van der Waals surface area (Å²) >= 11 is 6.76. The number of amides is 3. The molecule has 44 heavy (non-hydrogen) atoms. The largest absolute Gasteiger partial charge is 0.506 e. The molecule has 3 heterocycles. The number of nitrogens with one attached hydrogen (secondary N) is 2. The number of carbonyl (C=O) groups is 2.